The number of halogens is 3. The van der Waals surface area contributed by atoms with Gasteiger partial charge in [-0.05, 0) is 18.2 Å². The molecule has 0 spiro atoms. The molecule has 0 saturated carbocycles. The summed E-state index contributed by atoms with van der Waals surface area (Å²) in [4.78, 5) is 0. The standard InChI is InChI=1S/C11H6F3N3O/c12-11(13,14)8-4-7(6-15)5-9(10(8)18)17-3-1-2-16-17/h1-5,18H. The smallest absolute Gasteiger partial charge is 0.420 e. The predicted molar refractivity (Wildman–Crippen MR) is 54.9 cm³/mol. The zero-order chi connectivity index (χ0) is 13.3. The van der Waals surface area contributed by atoms with Gasteiger partial charge in [0.25, 0.3) is 0 Å². The Hall–Kier alpha value is -2.49. The van der Waals surface area contributed by atoms with E-state index in [4.69, 9.17) is 5.26 Å². The highest BCUT2D eigenvalue weighted by atomic mass is 19.4. The molecular weight excluding hydrogens is 247 g/mol. The third kappa shape index (κ3) is 2.00. The molecule has 18 heavy (non-hydrogen) atoms. The normalized spacial score (nSPS) is 11.2. The Morgan fingerprint density at radius 2 is 2.06 bits per heavy atom. The summed E-state index contributed by atoms with van der Waals surface area (Å²) >= 11 is 0. The van der Waals surface area contributed by atoms with Gasteiger partial charge in [-0.15, -0.1) is 0 Å². The second-order valence-electron chi connectivity index (χ2n) is 3.45. The third-order valence-electron chi connectivity index (χ3n) is 2.28. The maximum atomic E-state index is 12.7. The van der Waals surface area contributed by atoms with Crippen molar-refractivity contribution in [3.63, 3.8) is 0 Å². The predicted octanol–water partition coefficient (Wildman–Crippen LogP) is 2.47. The van der Waals surface area contributed by atoms with Crippen molar-refractivity contribution in [2.75, 3.05) is 0 Å². The van der Waals surface area contributed by atoms with E-state index >= 15 is 0 Å². The third-order valence-corrected chi connectivity index (χ3v) is 2.28. The van der Waals surface area contributed by atoms with E-state index in [-0.39, 0.29) is 11.3 Å². The Morgan fingerprint density at radius 1 is 1.33 bits per heavy atom. The van der Waals surface area contributed by atoms with E-state index in [1.807, 2.05) is 0 Å². The van der Waals surface area contributed by atoms with Gasteiger partial charge in [0, 0.05) is 12.4 Å². The Bertz CT molecular complexity index is 612. The average Bonchev–Trinajstić information content (AvgIpc) is 2.81. The number of phenols is 1. The van der Waals surface area contributed by atoms with Crippen molar-refractivity contribution in [2.24, 2.45) is 0 Å². The van der Waals surface area contributed by atoms with Crippen LogP contribution in [0, 0.1) is 11.3 Å². The molecule has 1 N–H and O–H groups in total. The van der Waals surface area contributed by atoms with E-state index in [1.54, 1.807) is 6.07 Å². The molecule has 92 valence electrons. The van der Waals surface area contributed by atoms with Crippen molar-refractivity contribution >= 4 is 0 Å². The first-order chi connectivity index (χ1) is 8.43. The maximum absolute atomic E-state index is 12.7. The minimum atomic E-state index is -4.74. The number of aromatic hydroxyl groups is 1. The van der Waals surface area contributed by atoms with Crippen molar-refractivity contribution in [3.8, 4) is 17.5 Å². The van der Waals surface area contributed by atoms with E-state index in [0.29, 0.717) is 6.07 Å². The molecule has 2 rings (SSSR count). The van der Waals surface area contributed by atoms with Gasteiger partial charge in [-0.1, -0.05) is 0 Å². The fraction of sp³-hybridized carbons (Fsp3) is 0.0909. The molecule has 0 bridgehead atoms. The molecule has 4 nitrogen and oxygen atoms in total. The van der Waals surface area contributed by atoms with Gasteiger partial charge in [-0.25, -0.2) is 4.68 Å². The molecular formula is C11H6F3N3O. The van der Waals surface area contributed by atoms with Crippen molar-refractivity contribution in [1.29, 1.82) is 5.26 Å². The highest BCUT2D eigenvalue weighted by Gasteiger charge is 2.35. The van der Waals surface area contributed by atoms with Crippen LogP contribution in [0.2, 0.25) is 0 Å². The number of nitriles is 1. The Labute approximate surface area is 99.5 Å². The van der Waals surface area contributed by atoms with Crippen LogP contribution in [0.3, 0.4) is 0 Å². The number of phenolic OH excluding ortho intramolecular Hbond substituents is 1. The fourth-order valence-electron chi connectivity index (χ4n) is 1.49. The minimum absolute atomic E-state index is 0.189. The van der Waals surface area contributed by atoms with Gasteiger partial charge in [0.1, 0.15) is 11.3 Å². The second kappa shape index (κ2) is 4.07. The van der Waals surface area contributed by atoms with Gasteiger partial charge in [0.05, 0.1) is 11.6 Å². The van der Waals surface area contributed by atoms with Crippen LogP contribution in [0.5, 0.6) is 5.75 Å². The number of aromatic nitrogens is 2. The van der Waals surface area contributed by atoms with Gasteiger partial charge in [0.15, 0.2) is 5.75 Å². The monoisotopic (exact) mass is 253 g/mol. The average molecular weight is 253 g/mol. The molecule has 0 aliphatic carbocycles. The number of alkyl halides is 3. The van der Waals surface area contributed by atoms with Crippen LogP contribution in [0.1, 0.15) is 11.1 Å². The molecule has 0 fully saturated rings. The molecule has 2 aromatic rings. The first-order valence-corrected chi connectivity index (χ1v) is 4.78. The van der Waals surface area contributed by atoms with E-state index in [9.17, 15) is 18.3 Å². The largest absolute Gasteiger partial charge is 0.505 e. The van der Waals surface area contributed by atoms with E-state index in [1.165, 1.54) is 18.5 Å². The number of benzene rings is 1. The lowest BCUT2D eigenvalue weighted by Gasteiger charge is -2.13. The Kier molecular flexibility index (Phi) is 2.71. The first kappa shape index (κ1) is 12.0. The highest BCUT2D eigenvalue weighted by molar-refractivity contribution is 5.56. The van der Waals surface area contributed by atoms with Gasteiger partial charge in [0.2, 0.25) is 0 Å². The van der Waals surface area contributed by atoms with Crippen molar-refractivity contribution in [1.82, 2.24) is 9.78 Å². The van der Waals surface area contributed by atoms with Crippen LogP contribution in [0.15, 0.2) is 30.6 Å². The van der Waals surface area contributed by atoms with Crippen molar-refractivity contribution < 1.29 is 18.3 Å². The van der Waals surface area contributed by atoms with E-state index < -0.39 is 17.5 Å². The quantitative estimate of drug-likeness (QED) is 0.849. The summed E-state index contributed by atoms with van der Waals surface area (Å²) in [6.45, 7) is 0. The molecule has 1 aromatic heterocycles. The van der Waals surface area contributed by atoms with Crippen LogP contribution in [0.25, 0.3) is 5.69 Å². The van der Waals surface area contributed by atoms with E-state index in [2.05, 4.69) is 5.10 Å². The van der Waals surface area contributed by atoms with Crippen LogP contribution >= 0.6 is 0 Å². The summed E-state index contributed by atoms with van der Waals surface area (Å²) in [7, 11) is 0. The summed E-state index contributed by atoms with van der Waals surface area (Å²) in [5.74, 6) is -0.954. The lowest BCUT2D eigenvalue weighted by atomic mass is 10.1. The summed E-state index contributed by atoms with van der Waals surface area (Å²) in [6, 6.07) is 4.84. The molecule has 0 radical (unpaired) electrons. The molecule has 0 unspecified atom stereocenters. The zero-order valence-electron chi connectivity index (χ0n) is 8.81. The van der Waals surface area contributed by atoms with Gasteiger partial charge < -0.3 is 5.11 Å². The van der Waals surface area contributed by atoms with Crippen LogP contribution < -0.4 is 0 Å². The number of nitrogens with zero attached hydrogens (tertiary/aromatic N) is 3. The SMILES string of the molecule is N#Cc1cc(-n2cccn2)c(O)c(C(F)(F)F)c1. The zero-order valence-corrected chi connectivity index (χ0v) is 8.81. The van der Waals surface area contributed by atoms with Crippen molar-refractivity contribution in [3.05, 3.63) is 41.7 Å². The Balaban J connectivity index is 2.72. The highest BCUT2D eigenvalue weighted by Crippen LogP contribution is 2.39. The summed E-state index contributed by atoms with van der Waals surface area (Å²) in [5.41, 5.74) is -1.65. The molecule has 0 saturated heterocycles. The fourth-order valence-corrected chi connectivity index (χ4v) is 1.49. The van der Waals surface area contributed by atoms with Gasteiger partial charge in [-0.3, -0.25) is 0 Å². The topological polar surface area (TPSA) is 61.8 Å². The molecule has 1 aromatic carbocycles. The molecule has 0 aliphatic heterocycles. The van der Waals surface area contributed by atoms with Crippen LogP contribution in [-0.4, -0.2) is 14.9 Å². The number of rotatable bonds is 1. The number of hydrogen-bond acceptors (Lipinski definition) is 3. The molecule has 1 heterocycles. The van der Waals surface area contributed by atoms with Crippen LogP contribution in [-0.2, 0) is 6.18 Å². The van der Waals surface area contributed by atoms with Crippen molar-refractivity contribution in [2.45, 2.75) is 6.18 Å². The Morgan fingerprint density at radius 3 is 2.56 bits per heavy atom. The van der Waals surface area contributed by atoms with Crippen LogP contribution in [0.4, 0.5) is 13.2 Å². The van der Waals surface area contributed by atoms with Gasteiger partial charge in [-0.2, -0.15) is 23.5 Å². The molecule has 7 heteroatoms. The maximum Gasteiger partial charge on any atom is 0.420 e. The second-order valence-corrected chi connectivity index (χ2v) is 3.45. The number of hydrogen-bond donors (Lipinski definition) is 1. The first-order valence-electron chi connectivity index (χ1n) is 4.78. The summed E-state index contributed by atoms with van der Waals surface area (Å²) < 4.78 is 39.1. The lowest BCUT2D eigenvalue weighted by Crippen LogP contribution is -2.08. The minimum Gasteiger partial charge on any atom is -0.505 e. The molecule has 0 atom stereocenters. The molecule has 0 amide bonds. The summed E-state index contributed by atoms with van der Waals surface area (Å²) in [6.07, 6.45) is -2.01. The summed E-state index contributed by atoms with van der Waals surface area (Å²) in [5, 5.41) is 22.1. The lowest BCUT2D eigenvalue weighted by molar-refractivity contribution is -0.138. The van der Waals surface area contributed by atoms with E-state index in [0.717, 1.165) is 10.7 Å². The molecule has 0 aliphatic rings. The van der Waals surface area contributed by atoms with Gasteiger partial charge >= 0.3 is 6.18 Å².